The Morgan fingerprint density at radius 1 is 1.17 bits per heavy atom. The smallest absolute Gasteiger partial charge is 0.146 e. The van der Waals surface area contributed by atoms with Gasteiger partial charge in [0, 0.05) is 13.0 Å². The van der Waals surface area contributed by atoms with Crippen molar-refractivity contribution in [3.8, 4) is 0 Å². The molecule has 1 saturated heterocycles. The second-order valence-electron chi connectivity index (χ2n) is 6.30. The zero-order chi connectivity index (χ0) is 13.2. The Balaban J connectivity index is 2.00. The van der Waals surface area contributed by atoms with Gasteiger partial charge in [-0.3, -0.25) is 9.69 Å². The number of rotatable bonds is 2. The summed E-state index contributed by atoms with van der Waals surface area (Å²) >= 11 is 0. The van der Waals surface area contributed by atoms with Gasteiger partial charge in [0.15, 0.2) is 0 Å². The number of piperidine rings is 1. The Bertz CT molecular complexity index is 414. The summed E-state index contributed by atoms with van der Waals surface area (Å²) in [5.41, 5.74) is 2.87. The fourth-order valence-electron chi connectivity index (χ4n) is 2.41. The van der Waals surface area contributed by atoms with Crippen molar-refractivity contribution >= 4 is 5.78 Å². The van der Waals surface area contributed by atoms with E-state index in [1.54, 1.807) is 0 Å². The van der Waals surface area contributed by atoms with Crippen molar-refractivity contribution in [2.24, 2.45) is 0 Å². The van der Waals surface area contributed by atoms with Gasteiger partial charge in [-0.25, -0.2) is 0 Å². The van der Waals surface area contributed by atoms with Gasteiger partial charge in [-0.15, -0.1) is 0 Å². The van der Waals surface area contributed by atoms with Gasteiger partial charge in [0.2, 0.25) is 0 Å². The molecule has 1 aliphatic rings. The van der Waals surface area contributed by atoms with Crippen LogP contribution in [0.15, 0.2) is 24.3 Å². The van der Waals surface area contributed by atoms with E-state index < -0.39 is 0 Å². The monoisotopic (exact) mass is 245 g/mol. The lowest BCUT2D eigenvalue weighted by Crippen LogP contribution is -2.34. The predicted octanol–water partition coefficient (Wildman–Crippen LogP) is 3.15. The van der Waals surface area contributed by atoms with Crippen LogP contribution in [0.5, 0.6) is 0 Å². The third kappa shape index (κ3) is 3.42. The zero-order valence-corrected chi connectivity index (χ0v) is 11.7. The number of benzene rings is 1. The van der Waals surface area contributed by atoms with Gasteiger partial charge in [-0.1, -0.05) is 45.0 Å². The number of ketones is 1. The molecule has 2 nitrogen and oxygen atoms in total. The van der Waals surface area contributed by atoms with Crippen LogP contribution >= 0.6 is 0 Å². The van der Waals surface area contributed by atoms with Crippen LogP contribution in [0.25, 0.3) is 0 Å². The van der Waals surface area contributed by atoms with E-state index in [1.165, 1.54) is 11.1 Å². The van der Waals surface area contributed by atoms with Crippen LogP contribution in [0.1, 0.15) is 44.7 Å². The Kier molecular flexibility index (Phi) is 3.86. The first kappa shape index (κ1) is 13.3. The Hall–Kier alpha value is -1.15. The van der Waals surface area contributed by atoms with Gasteiger partial charge in [0.25, 0.3) is 0 Å². The number of carbonyl (C=O) groups is 1. The largest absolute Gasteiger partial charge is 0.298 e. The summed E-state index contributed by atoms with van der Waals surface area (Å²) in [6.07, 6.45) is 1.78. The van der Waals surface area contributed by atoms with Crippen LogP contribution in [0.4, 0.5) is 0 Å². The fourth-order valence-corrected chi connectivity index (χ4v) is 2.41. The average Bonchev–Trinajstić information content (AvgIpc) is 2.28. The van der Waals surface area contributed by atoms with E-state index in [9.17, 15) is 4.79 Å². The minimum absolute atomic E-state index is 0.208. The van der Waals surface area contributed by atoms with Crippen molar-refractivity contribution in [3.63, 3.8) is 0 Å². The van der Waals surface area contributed by atoms with Gasteiger partial charge in [-0.2, -0.15) is 0 Å². The molecule has 0 saturated carbocycles. The molecule has 1 heterocycles. The third-order valence-corrected chi connectivity index (χ3v) is 3.56. The Labute approximate surface area is 110 Å². The molecule has 0 atom stereocenters. The first-order valence-corrected chi connectivity index (χ1v) is 6.78. The maximum Gasteiger partial charge on any atom is 0.146 e. The molecule has 0 unspecified atom stereocenters. The van der Waals surface area contributed by atoms with Gasteiger partial charge >= 0.3 is 0 Å². The van der Waals surface area contributed by atoms with Crippen molar-refractivity contribution in [3.05, 3.63) is 35.4 Å². The fraction of sp³-hybridized carbons (Fsp3) is 0.562. The average molecular weight is 245 g/mol. The lowest BCUT2D eigenvalue weighted by Gasteiger charge is -2.26. The minimum Gasteiger partial charge on any atom is -0.298 e. The maximum atomic E-state index is 11.4. The standard InChI is InChI=1S/C16H23NO/c1-16(2,3)14-8-6-13(7-9-14)11-17-10-4-5-15(18)12-17/h6-9H,4-5,10-12H2,1-3H3. The highest BCUT2D eigenvalue weighted by atomic mass is 16.1. The summed E-state index contributed by atoms with van der Waals surface area (Å²) in [4.78, 5) is 13.7. The molecule has 0 aliphatic carbocycles. The highest BCUT2D eigenvalue weighted by molar-refractivity contribution is 5.81. The van der Waals surface area contributed by atoms with E-state index in [0.29, 0.717) is 12.3 Å². The van der Waals surface area contributed by atoms with Crippen molar-refractivity contribution in [2.45, 2.75) is 45.6 Å². The molecule has 0 N–H and O–H groups in total. The molecule has 0 amide bonds. The number of likely N-dealkylation sites (tertiary alicyclic amines) is 1. The first-order valence-electron chi connectivity index (χ1n) is 6.78. The van der Waals surface area contributed by atoms with Crippen molar-refractivity contribution < 1.29 is 4.79 Å². The molecule has 18 heavy (non-hydrogen) atoms. The van der Waals surface area contributed by atoms with E-state index in [-0.39, 0.29) is 5.41 Å². The summed E-state index contributed by atoms with van der Waals surface area (Å²) in [5.74, 6) is 0.382. The number of carbonyl (C=O) groups excluding carboxylic acids is 1. The molecule has 2 rings (SSSR count). The third-order valence-electron chi connectivity index (χ3n) is 3.56. The van der Waals surface area contributed by atoms with E-state index in [0.717, 1.165) is 25.9 Å². The molecule has 2 heteroatoms. The van der Waals surface area contributed by atoms with Crippen molar-refractivity contribution in [1.29, 1.82) is 0 Å². The Morgan fingerprint density at radius 3 is 2.39 bits per heavy atom. The van der Waals surface area contributed by atoms with Crippen LogP contribution in [0.2, 0.25) is 0 Å². The highest BCUT2D eigenvalue weighted by Gasteiger charge is 2.17. The van der Waals surface area contributed by atoms with Gasteiger partial charge < -0.3 is 0 Å². The summed E-state index contributed by atoms with van der Waals surface area (Å²) in [7, 11) is 0. The number of hydrogen-bond acceptors (Lipinski definition) is 2. The highest BCUT2D eigenvalue weighted by Crippen LogP contribution is 2.22. The quantitative estimate of drug-likeness (QED) is 0.797. The van der Waals surface area contributed by atoms with Gasteiger partial charge in [0.05, 0.1) is 6.54 Å². The van der Waals surface area contributed by atoms with Gasteiger partial charge in [-0.05, 0) is 29.5 Å². The summed E-state index contributed by atoms with van der Waals surface area (Å²) in [5, 5.41) is 0. The predicted molar refractivity (Wildman–Crippen MR) is 74.7 cm³/mol. The van der Waals surface area contributed by atoms with E-state index >= 15 is 0 Å². The van der Waals surface area contributed by atoms with Crippen LogP contribution in [0.3, 0.4) is 0 Å². The number of hydrogen-bond donors (Lipinski definition) is 0. The van der Waals surface area contributed by atoms with E-state index in [1.807, 2.05) is 0 Å². The molecule has 98 valence electrons. The van der Waals surface area contributed by atoms with Gasteiger partial charge in [0.1, 0.15) is 5.78 Å². The second-order valence-corrected chi connectivity index (χ2v) is 6.30. The first-order chi connectivity index (χ1) is 8.45. The molecule has 1 aliphatic heterocycles. The van der Waals surface area contributed by atoms with E-state index in [2.05, 4.69) is 49.9 Å². The lowest BCUT2D eigenvalue weighted by atomic mass is 9.87. The molecule has 1 fully saturated rings. The molecule has 0 radical (unpaired) electrons. The summed E-state index contributed by atoms with van der Waals surface area (Å²) in [6, 6.07) is 8.81. The topological polar surface area (TPSA) is 20.3 Å². The summed E-state index contributed by atoms with van der Waals surface area (Å²) < 4.78 is 0. The lowest BCUT2D eigenvalue weighted by molar-refractivity contribution is -0.122. The van der Waals surface area contributed by atoms with Crippen LogP contribution < -0.4 is 0 Å². The van der Waals surface area contributed by atoms with Crippen LogP contribution in [-0.4, -0.2) is 23.8 Å². The van der Waals surface area contributed by atoms with Crippen LogP contribution in [-0.2, 0) is 16.8 Å². The minimum atomic E-state index is 0.208. The molecule has 0 spiro atoms. The normalized spacial score (nSPS) is 18.1. The number of nitrogens with zero attached hydrogens (tertiary/aromatic N) is 1. The second kappa shape index (κ2) is 5.23. The molecule has 0 bridgehead atoms. The van der Waals surface area contributed by atoms with E-state index in [4.69, 9.17) is 0 Å². The maximum absolute atomic E-state index is 11.4. The summed E-state index contributed by atoms with van der Waals surface area (Å²) in [6.45, 7) is 9.26. The molecule has 1 aromatic carbocycles. The SMILES string of the molecule is CC(C)(C)c1ccc(CN2CCCC(=O)C2)cc1. The van der Waals surface area contributed by atoms with Crippen molar-refractivity contribution in [1.82, 2.24) is 4.90 Å². The molecular weight excluding hydrogens is 222 g/mol. The number of Topliss-reactive ketones (excluding diaryl/α,β-unsaturated/α-hetero) is 1. The van der Waals surface area contributed by atoms with Crippen molar-refractivity contribution in [2.75, 3.05) is 13.1 Å². The Morgan fingerprint density at radius 2 is 1.83 bits per heavy atom. The van der Waals surface area contributed by atoms with Crippen LogP contribution in [0, 0.1) is 0 Å². The molecule has 1 aromatic rings. The molecule has 0 aromatic heterocycles. The zero-order valence-electron chi connectivity index (χ0n) is 11.7. The molecular formula is C16H23NO.